The maximum Gasteiger partial charge on any atom is 0.392 e. The summed E-state index contributed by atoms with van der Waals surface area (Å²) in [6.07, 6.45) is -0.453. The van der Waals surface area contributed by atoms with Crippen LogP contribution in [0.4, 0.5) is 13.2 Å². The van der Waals surface area contributed by atoms with Crippen molar-refractivity contribution in [1.29, 1.82) is 0 Å². The predicted octanol–water partition coefficient (Wildman–Crippen LogP) is 1.97. The molecule has 0 bridgehead atoms. The SMILES string of the molecule is BC1(B)OC(N)=NC12c1cc(/C(C)=N/OCCC(F)(F)F)ccc1C[C@]21CC[C@@H](OC)CC1. The third kappa shape index (κ3) is 4.02. The number of fused-ring (bicyclic) bond motifs is 3. The van der Waals surface area contributed by atoms with Crippen LogP contribution in [0.15, 0.2) is 28.3 Å². The van der Waals surface area contributed by atoms with Gasteiger partial charge in [-0.25, -0.2) is 4.99 Å². The van der Waals surface area contributed by atoms with Crippen molar-refractivity contribution < 1.29 is 27.5 Å². The van der Waals surface area contributed by atoms with Crippen LogP contribution < -0.4 is 5.73 Å². The molecule has 2 aliphatic carbocycles. The quantitative estimate of drug-likeness (QED) is 0.314. The van der Waals surface area contributed by atoms with Crippen molar-refractivity contribution in [3.8, 4) is 0 Å². The van der Waals surface area contributed by atoms with Crippen LogP contribution in [0.25, 0.3) is 0 Å². The Morgan fingerprint density at radius 1 is 1.30 bits per heavy atom. The molecule has 0 amide bonds. The van der Waals surface area contributed by atoms with Crippen molar-refractivity contribution in [1.82, 2.24) is 0 Å². The molecule has 1 aliphatic heterocycles. The minimum atomic E-state index is -4.27. The summed E-state index contributed by atoms with van der Waals surface area (Å²) in [6, 6.07) is 6.23. The fourth-order valence-electron chi connectivity index (χ4n) is 6.15. The zero-order chi connectivity index (χ0) is 24.1. The smallest absolute Gasteiger partial charge is 0.392 e. The monoisotopic (exact) mass is 463 g/mol. The Balaban J connectivity index is 1.70. The molecule has 4 rings (SSSR count). The maximum atomic E-state index is 12.4. The molecule has 2 spiro atoms. The lowest BCUT2D eigenvalue weighted by atomic mass is 9.45. The highest BCUT2D eigenvalue weighted by molar-refractivity contribution is 6.41. The van der Waals surface area contributed by atoms with Crippen molar-refractivity contribution >= 4 is 27.4 Å². The van der Waals surface area contributed by atoms with Gasteiger partial charge in [-0.15, -0.1) is 0 Å². The summed E-state index contributed by atoms with van der Waals surface area (Å²) in [5.41, 5.74) is 8.86. The Hall–Kier alpha value is -2.16. The Morgan fingerprint density at radius 3 is 2.58 bits per heavy atom. The largest absolute Gasteiger partial charge is 0.475 e. The molecular formula is C22H30B2F3N3O3. The van der Waals surface area contributed by atoms with E-state index < -0.39 is 30.1 Å². The fraction of sp³-hybridized carbons (Fsp3) is 0.636. The summed E-state index contributed by atoms with van der Waals surface area (Å²) in [5, 5.41) is 3.27. The molecule has 11 heteroatoms. The van der Waals surface area contributed by atoms with Gasteiger partial charge in [0.05, 0.1) is 23.6 Å². The summed E-state index contributed by atoms with van der Waals surface area (Å²) in [4.78, 5) is 9.92. The van der Waals surface area contributed by atoms with Crippen LogP contribution in [-0.4, -0.2) is 58.8 Å². The van der Waals surface area contributed by atoms with Crippen molar-refractivity contribution in [2.75, 3.05) is 13.7 Å². The van der Waals surface area contributed by atoms with Gasteiger partial charge in [0.25, 0.3) is 6.02 Å². The Bertz CT molecular complexity index is 975. The summed E-state index contributed by atoms with van der Waals surface area (Å²) in [5.74, 6) is 0. The molecule has 1 atom stereocenters. The Morgan fingerprint density at radius 2 is 2.00 bits per heavy atom. The third-order valence-corrected chi connectivity index (χ3v) is 7.62. The van der Waals surface area contributed by atoms with E-state index in [1.54, 1.807) is 14.0 Å². The van der Waals surface area contributed by atoms with Gasteiger partial charge in [0.15, 0.2) is 15.7 Å². The summed E-state index contributed by atoms with van der Waals surface area (Å²) >= 11 is 0. The van der Waals surface area contributed by atoms with Crippen LogP contribution in [0.1, 0.15) is 55.7 Å². The second kappa shape index (κ2) is 8.25. The van der Waals surface area contributed by atoms with Gasteiger partial charge >= 0.3 is 6.18 Å². The molecule has 1 unspecified atom stereocenters. The van der Waals surface area contributed by atoms with Crippen LogP contribution in [-0.2, 0) is 26.3 Å². The van der Waals surface area contributed by atoms with E-state index in [1.807, 2.05) is 27.8 Å². The van der Waals surface area contributed by atoms with E-state index in [0.717, 1.165) is 43.2 Å². The van der Waals surface area contributed by atoms with Crippen LogP contribution in [0, 0.1) is 5.41 Å². The topological polar surface area (TPSA) is 78.4 Å². The second-order valence-electron chi connectivity index (χ2n) is 9.91. The number of rotatable bonds is 5. The number of benzene rings is 1. The molecule has 0 aromatic heterocycles. The molecule has 2 N–H and O–H groups in total. The van der Waals surface area contributed by atoms with Crippen molar-refractivity contribution in [3.63, 3.8) is 0 Å². The van der Waals surface area contributed by atoms with E-state index in [2.05, 4.69) is 11.2 Å². The first-order valence-electron chi connectivity index (χ1n) is 11.4. The van der Waals surface area contributed by atoms with Crippen LogP contribution in [0.3, 0.4) is 0 Å². The van der Waals surface area contributed by atoms with Crippen molar-refractivity contribution in [2.24, 2.45) is 21.3 Å². The number of aliphatic imine (C=N–C) groups is 1. The first-order valence-corrected chi connectivity index (χ1v) is 11.4. The molecule has 33 heavy (non-hydrogen) atoms. The first kappa shape index (κ1) is 24.0. The minimum Gasteiger partial charge on any atom is -0.475 e. The Kier molecular flexibility index (Phi) is 6.00. The van der Waals surface area contributed by atoms with E-state index in [9.17, 15) is 13.2 Å². The van der Waals surface area contributed by atoms with Crippen molar-refractivity contribution in [2.45, 2.75) is 68.7 Å². The fourth-order valence-corrected chi connectivity index (χ4v) is 6.15. The van der Waals surface area contributed by atoms with E-state index in [0.29, 0.717) is 5.71 Å². The van der Waals surface area contributed by atoms with Crippen LogP contribution in [0.5, 0.6) is 0 Å². The predicted molar refractivity (Wildman–Crippen MR) is 125 cm³/mol. The lowest BCUT2D eigenvalue weighted by Gasteiger charge is -2.51. The lowest BCUT2D eigenvalue weighted by Crippen LogP contribution is -2.59. The molecule has 1 aromatic rings. The number of nitrogens with zero attached hydrogens (tertiary/aromatic N) is 2. The van der Waals surface area contributed by atoms with Crippen LogP contribution in [0.2, 0.25) is 0 Å². The van der Waals surface area contributed by atoms with Crippen LogP contribution >= 0.6 is 0 Å². The number of halogens is 3. The average Bonchev–Trinajstić information content (AvgIpc) is 3.15. The third-order valence-electron chi connectivity index (χ3n) is 7.62. The number of alkyl halides is 3. The molecule has 1 saturated carbocycles. The van der Waals surface area contributed by atoms with E-state index in [1.165, 1.54) is 5.56 Å². The number of hydrogen-bond donors (Lipinski definition) is 1. The van der Waals surface area contributed by atoms with Gasteiger partial charge in [-0.05, 0) is 61.8 Å². The molecule has 1 fully saturated rings. The summed E-state index contributed by atoms with van der Waals surface area (Å²) in [6.45, 7) is 1.21. The van der Waals surface area contributed by atoms with E-state index >= 15 is 0 Å². The molecular weight excluding hydrogens is 433 g/mol. The standard InChI is InChI=1S/C22H30B2F3N3O3/c1-13(30-32-10-9-20(25,26)27)14-3-4-15-12-19(7-5-16(31-2)6-8-19)21(17(15)11-14)22(23,24)33-18(28)29-21/h3-4,11,16H,5-10,12,23-24H2,1-2H3,(H2,28,29)/b30-13+/t16-,19-,21?. The number of methoxy groups -OCH3 is 1. The number of ether oxygens (including phenoxy) is 2. The number of hydrogen-bond acceptors (Lipinski definition) is 6. The van der Waals surface area contributed by atoms with Gasteiger partial charge in [0.2, 0.25) is 0 Å². The number of oxime groups is 1. The normalized spacial score (nSPS) is 30.9. The lowest BCUT2D eigenvalue weighted by molar-refractivity contribution is -0.145. The van der Waals surface area contributed by atoms with Gasteiger partial charge in [-0.2, -0.15) is 13.2 Å². The maximum absolute atomic E-state index is 12.4. The zero-order valence-electron chi connectivity index (χ0n) is 19.6. The van der Waals surface area contributed by atoms with E-state index in [-0.39, 0.29) is 17.5 Å². The minimum absolute atomic E-state index is 0.151. The molecule has 0 saturated heterocycles. The van der Waals surface area contributed by atoms with Crippen molar-refractivity contribution in [3.05, 3.63) is 34.9 Å². The van der Waals surface area contributed by atoms with Gasteiger partial charge in [0, 0.05) is 12.5 Å². The Labute approximate surface area is 193 Å². The molecule has 6 nitrogen and oxygen atoms in total. The molecule has 1 aromatic carbocycles. The summed E-state index contributed by atoms with van der Waals surface area (Å²) in [7, 11) is 5.82. The number of amidine groups is 1. The first-order chi connectivity index (χ1) is 15.4. The van der Waals surface area contributed by atoms with Gasteiger partial charge in [-0.3, -0.25) is 0 Å². The highest BCUT2D eigenvalue weighted by atomic mass is 19.4. The molecule has 1 heterocycles. The molecule has 0 radical (unpaired) electrons. The van der Waals surface area contributed by atoms with E-state index in [4.69, 9.17) is 25.0 Å². The molecule has 3 aliphatic rings. The zero-order valence-corrected chi connectivity index (χ0v) is 19.6. The summed E-state index contributed by atoms with van der Waals surface area (Å²) < 4.78 is 48.8. The molecule has 178 valence electrons. The van der Waals surface area contributed by atoms with Gasteiger partial charge < -0.3 is 20.0 Å². The van der Waals surface area contributed by atoms with Gasteiger partial charge in [-0.1, -0.05) is 17.3 Å². The number of nitrogens with two attached hydrogens (primary N) is 1. The average molecular weight is 463 g/mol. The second-order valence-corrected chi connectivity index (χ2v) is 9.91. The highest BCUT2D eigenvalue weighted by Crippen LogP contribution is 2.64. The van der Waals surface area contributed by atoms with Gasteiger partial charge in [0.1, 0.15) is 12.1 Å². The highest BCUT2D eigenvalue weighted by Gasteiger charge is 2.68.